The van der Waals surface area contributed by atoms with E-state index in [1.54, 1.807) is 42.5 Å². The zero-order valence-electron chi connectivity index (χ0n) is 16.8. The molecular weight excluding hydrogens is 482 g/mol. The summed E-state index contributed by atoms with van der Waals surface area (Å²) in [6.07, 6.45) is 2.75. The Bertz CT molecular complexity index is 1140. The number of carbonyl (C=O) groups is 3. The highest BCUT2D eigenvalue weighted by atomic mass is 79.9. The van der Waals surface area contributed by atoms with Gasteiger partial charge in [-0.2, -0.15) is 5.10 Å². The van der Waals surface area contributed by atoms with Crippen molar-refractivity contribution in [2.24, 2.45) is 5.10 Å². The Labute approximate surface area is 191 Å². The SMILES string of the molecule is COc1cc(/C=N\NC(=O)CNC(=O)c2ccccc2Br)ccc1OC(=O)c1ccco1. The first-order valence-electron chi connectivity index (χ1n) is 9.26. The van der Waals surface area contributed by atoms with E-state index < -0.39 is 11.9 Å². The van der Waals surface area contributed by atoms with Crippen LogP contribution < -0.4 is 20.2 Å². The topological polar surface area (TPSA) is 119 Å². The van der Waals surface area contributed by atoms with Gasteiger partial charge in [-0.3, -0.25) is 9.59 Å². The quantitative estimate of drug-likeness (QED) is 0.212. The molecule has 0 bridgehead atoms. The average Bonchev–Trinajstić information content (AvgIpc) is 3.34. The van der Waals surface area contributed by atoms with Gasteiger partial charge in [-0.15, -0.1) is 0 Å². The molecule has 0 unspecified atom stereocenters. The van der Waals surface area contributed by atoms with Crippen LogP contribution in [0.1, 0.15) is 26.5 Å². The number of amides is 2. The predicted molar refractivity (Wildman–Crippen MR) is 119 cm³/mol. The summed E-state index contributed by atoms with van der Waals surface area (Å²) < 4.78 is 16.1. The molecular formula is C22H18BrN3O6. The normalized spacial score (nSPS) is 10.6. The number of nitrogens with zero attached hydrogens (tertiary/aromatic N) is 1. The van der Waals surface area contributed by atoms with Gasteiger partial charge in [0.05, 0.1) is 31.7 Å². The molecule has 1 aromatic heterocycles. The van der Waals surface area contributed by atoms with Crippen LogP contribution in [0.4, 0.5) is 0 Å². The lowest BCUT2D eigenvalue weighted by atomic mass is 10.2. The maximum atomic E-state index is 12.1. The molecule has 0 spiro atoms. The third-order valence-corrected chi connectivity index (χ3v) is 4.74. The number of nitrogens with one attached hydrogen (secondary N) is 2. The van der Waals surface area contributed by atoms with E-state index in [-0.39, 0.29) is 24.0 Å². The van der Waals surface area contributed by atoms with Crippen LogP contribution in [0.25, 0.3) is 0 Å². The fourth-order valence-corrected chi connectivity index (χ4v) is 2.98. The van der Waals surface area contributed by atoms with Crippen LogP contribution in [0.15, 0.2) is 74.9 Å². The first-order chi connectivity index (χ1) is 15.5. The summed E-state index contributed by atoms with van der Waals surface area (Å²) in [6.45, 7) is -0.248. The van der Waals surface area contributed by atoms with E-state index in [0.29, 0.717) is 21.3 Å². The third-order valence-electron chi connectivity index (χ3n) is 4.04. The van der Waals surface area contributed by atoms with Crippen molar-refractivity contribution < 1.29 is 28.3 Å². The molecule has 0 aliphatic heterocycles. The fourth-order valence-electron chi connectivity index (χ4n) is 2.51. The van der Waals surface area contributed by atoms with E-state index >= 15 is 0 Å². The lowest BCUT2D eigenvalue weighted by molar-refractivity contribution is -0.120. The van der Waals surface area contributed by atoms with Gasteiger partial charge in [0, 0.05) is 4.47 Å². The first-order valence-corrected chi connectivity index (χ1v) is 10.1. The van der Waals surface area contributed by atoms with Gasteiger partial charge in [-0.25, -0.2) is 10.2 Å². The predicted octanol–water partition coefficient (Wildman–Crippen LogP) is 3.15. The first kappa shape index (κ1) is 22.8. The van der Waals surface area contributed by atoms with Gasteiger partial charge in [0.2, 0.25) is 5.76 Å². The van der Waals surface area contributed by atoms with Crippen molar-refractivity contribution in [2.45, 2.75) is 0 Å². The van der Waals surface area contributed by atoms with Crippen LogP contribution in [0.3, 0.4) is 0 Å². The molecule has 0 fully saturated rings. The summed E-state index contributed by atoms with van der Waals surface area (Å²) in [5.74, 6) is -0.997. The molecule has 0 radical (unpaired) electrons. The van der Waals surface area contributed by atoms with Gasteiger partial charge >= 0.3 is 5.97 Å². The summed E-state index contributed by atoms with van der Waals surface area (Å²) >= 11 is 3.28. The molecule has 0 aliphatic rings. The van der Waals surface area contributed by atoms with E-state index in [1.807, 2.05) is 0 Å². The maximum Gasteiger partial charge on any atom is 0.379 e. The summed E-state index contributed by atoms with van der Waals surface area (Å²) in [5.41, 5.74) is 3.32. The van der Waals surface area contributed by atoms with E-state index in [0.717, 1.165) is 0 Å². The Morgan fingerprint density at radius 1 is 1.09 bits per heavy atom. The molecule has 1 heterocycles. The van der Waals surface area contributed by atoms with Gasteiger partial charge < -0.3 is 19.2 Å². The number of furan rings is 1. The number of hydrogen-bond acceptors (Lipinski definition) is 7. The highest BCUT2D eigenvalue weighted by Gasteiger charge is 2.15. The van der Waals surface area contributed by atoms with E-state index in [9.17, 15) is 14.4 Å². The zero-order valence-corrected chi connectivity index (χ0v) is 18.4. The monoisotopic (exact) mass is 499 g/mol. The Morgan fingerprint density at radius 2 is 1.91 bits per heavy atom. The molecule has 0 aliphatic carbocycles. The molecule has 2 amide bonds. The number of methoxy groups -OCH3 is 1. The molecule has 0 atom stereocenters. The van der Waals surface area contributed by atoms with Crippen molar-refractivity contribution in [1.82, 2.24) is 10.7 Å². The lowest BCUT2D eigenvalue weighted by Gasteiger charge is -2.09. The summed E-state index contributed by atoms with van der Waals surface area (Å²) in [4.78, 5) is 36.0. The van der Waals surface area contributed by atoms with Gasteiger partial charge in [0.1, 0.15) is 0 Å². The number of esters is 1. The van der Waals surface area contributed by atoms with Crippen molar-refractivity contribution in [1.29, 1.82) is 0 Å². The second kappa shape index (κ2) is 10.9. The molecule has 3 rings (SSSR count). The van der Waals surface area contributed by atoms with E-state index in [1.165, 1.54) is 31.7 Å². The van der Waals surface area contributed by atoms with E-state index in [2.05, 4.69) is 31.8 Å². The Kier molecular flexibility index (Phi) is 7.76. The van der Waals surface area contributed by atoms with Crippen LogP contribution in [0.2, 0.25) is 0 Å². The second-order valence-electron chi connectivity index (χ2n) is 6.23. The molecule has 10 heteroatoms. The van der Waals surface area contributed by atoms with Gasteiger partial charge in [0.25, 0.3) is 11.8 Å². The van der Waals surface area contributed by atoms with Crippen molar-refractivity contribution in [3.05, 3.63) is 82.2 Å². The zero-order chi connectivity index (χ0) is 22.9. The molecule has 2 N–H and O–H groups in total. The Hall–Kier alpha value is -3.92. The fraction of sp³-hybridized carbons (Fsp3) is 0.0909. The van der Waals surface area contributed by atoms with Crippen LogP contribution >= 0.6 is 15.9 Å². The number of rotatable bonds is 8. The number of hydrogen-bond donors (Lipinski definition) is 2. The van der Waals surface area contributed by atoms with Crippen molar-refractivity contribution in [3.8, 4) is 11.5 Å². The number of carbonyl (C=O) groups excluding carboxylic acids is 3. The van der Waals surface area contributed by atoms with Crippen molar-refractivity contribution >= 4 is 39.9 Å². The summed E-state index contributed by atoms with van der Waals surface area (Å²) in [7, 11) is 1.43. The lowest BCUT2D eigenvalue weighted by Crippen LogP contribution is -2.35. The second-order valence-corrected chi connectivity index (χ2v) is 7.09. The standard InChI is InChI=1S/C22H18BrN3O6/c1-30-19-11-14(8-9-17(19)32-22(29)18-7-4-10-31-18)12-25-26-20(27)13-24-21(28)15-5-2-3-6-16(15)23/h2-12H,13H2,1H3,(H,24,28)(H,26,27)/b25-12-. The number of halogens is 1. The maximum absolute atomic E-state index is 12.1. The van der Waals surface area contributed by atoms with Crippen LogP contribution in [-0.2, 0) is 4.79 Å². The molecule has 2 aromatic carbocycles. The van der Waals surface area contributed by atoms with Gasteiger partial charge in [-0.1, -0.05) is 12.1 Å². The molecule has 32 heavy (non-hydrogen) atoms. The molecule has 9 nitrogen and oxygen atoms in total. The largest absolute Gasteiger partial charge is 0.493 e. The number of benzene rings is 2. The minimum absolute atomic E-state index is 0.0621. The molecule has 0 saturated heterocycles. The minimum Gasteiger partial charge on any atom is -0.493 e. The smallest absolute Gasteiger partial charge is 0.379 e. The van der Waals surface area contributed by atoms with Crippen LogP contribution in [0, 0.1) is 0 Å². The molecule has 3 aromatic rings. The minimum atomic E-state index is -0.661. The van der Waals surface area contributed by atoms with Gasteiger partial charge in [0.15, 0.2) is 11.5 Å². The highest BCUT2D eigenvalue weighted by molar-refractivity contribution is 9.10. The van der Waals surface area contributed by atoms with E-state index in [4.69, 9.17) is 13.9 Å². The third kappa shape index (κ3) is 6.05. The Balaban J connectivity index is 1.53. The van der Waals surface area contributed by atoms with Crippen molar-refractivity contribution in [2.75, 3.05) is 13.7 Å². The van der Waals surface area contributed by atoms with Crippen LogP contribution in [0.5, 0.6) is 11.5 Å². The Morgan fingerprint density at radius 3 is 2.62 bits per heavy atom. The number of ether oxygens (including phenoxy) is 2. The average molecular weight is 500 g/mol. The number of hydrazone groups is 1. The van der Waals surface area contributed by atoms with Crippen LogP contribution in [-0.4, -0.2) is 37.7 Å². The summed E-state index contributed by atoms with van der Waals surface area (Å²) in [5, 5.41) is 6.37. The molecule has 164 valence electrons. The summed E-state index contributed by atoms with van der Waals surface area (Å²) in [6, 6.07) is 14.7. The molecule has 0 saturated carbocycles. The van der Waals surface area contributed by atoms with Gasteiger partial charge in [-0.05, 0) is 64.0 Å². The highest BCUT2D eigenvalue weighted by Crippen LogP contribution is 2.28. The van der Waals surface area contributed by atoms with Crippen molar-refractivity contribution in [3.63, 3.8) is 0 Å².